The Balaban J connectivity index is 1.24. The van der Waals surface area contributed by atoms with Gasteiger partial charge in [-0.1, -0.05) is 26.8 Å². The second-order valence-electron chi connectivity index (χ2n) is 13.3. The number of nitrogens with one attached hydrogen (secondary N) is 2. The van der Waals surface area contributed by atoms with E-state index in [1.165, 1.54) is 0 Å². The van der Waals surface area contributed by atoms with Crippen LogP contribution in [0.1, 0.15) is 85.0 Å². The van der Waals surface area contributed by atoms with Gasteiger partial charge in [0.1, 0.15) is 34.9 Å². The topological polar surface area (TPSA) is 158 Å². The van der Waals surface area contributed by atoms with Crippen molar-refractivity contribution in [3.63, 3.8) is 0 Å². The average molecular weight is 613 g/mol. The number of hydrogen-bond acceptors (Lipinski definition) is 9. The monoisotopic (exact) mass is 612 g/mol. The average Bonchev–Trinajstić information content (AvgIpc) is 3.74. The number of rotatable bonds is 5. The molecule has 1 saturated heterocycles. The van der Waals surface area contributed by atoms with Crippen molar-refractivity contribution in [2.24, 2.45) is 4.99 Å². The van der Waals surface area contributed by atoms with Crippen molar-refractivity contribution in [1.29, 1.82) is 0 Å². The van der Waals surface area contributed by atoms with E-state index in [-0.39, 0.29) is 12.1 Å². The number of aromatic nitrogens is 5. The third-order valence-electron chi connectivity index (χ3n) is 7.34. The minimum Gasteiger partial charge on any atom is -0.595 e. The van der Waals surface area contributed by atoms with Crippen LogP contribution in [-0.4, -0.2) is 59.7 Å². The van der Waals surface area contributed by atoms with Gasteiger partial charge in [0.25, 0.3) is 0 Å². The van der Waals surface area contributed by atoms with Gasteiger partial charge in [-0.3, -0.25) is 9.89 Å². The Hall–Kier alpha value is -4.87. The highest BCUT2D eigenvalue weighted by molar-refractivity contribution is 5.90. The summed E-state index contributed by atoms with van der Waals surface area (Å²) in [5.41, 5.74) is 3.39. The summed E-state index contributed by atoms with van der Waals surface area (Å²) >= 11 is 0. The Morgan fingerprint density at radius 2 is 1.84 bits per heavy atom. The highest BCUT2D eigenvalue weighted by Gasteiger charge is 2.35. The molecule has 1 aliphatic rings. The summed E-state index contributed by atoms with van der Waals surface area (Å²) in [6.07, 6.45) is 2.41. The zero-order valence-electron chi connectivity index (χ0n) is 26.6. The molecule has 3 aromatic heterocycles. The van der Waals surface area contributed by atoms with E-state index in [4.69, 9.17) is 23.9 Å². The molecule has 1 fully saturated rings. The predicted molar refractivity (Wildman–Crippen MR) is 168 cm³/mol. The third-order valence-corrected chi connectivity index (χ3v) is 7.34. The fourth-order valence-electron chi connectivity index (χ4n) is 5.39. The first kappa shape index (κ1) is 30.2. The predicted octanol–water partition coefficient (Wildman–Crippen LogP) is 6.43. The van der Waals surface area contributed by atoms with E-state index in [0.717, 1.165) is 40.8 Å². The van der Waals surface area contributed by atoms with Crippen LogP contribution in [0.2, 0.25) is 0 Å². The first-order chi connectivity index (χ1) is 21.2. The Bertz CT molecular complexity index is 1890. The van der Waals surface area contributed by atoms with Crippen LogP contribution in [0.25, 0.3) is 44.8 Å². The van der Waals surface area contributed by atoms with Crippen LogP contribution in [0, 0.1) is 0 Å². The van der Waals surface area contributed by atoms with Crippen molar-refractivity contribution >= 4 is 34.2 Å². The van der Waals surface area contributed by atoms with E-state index in [0.29, 0.717) is 35.1 Å². The number of ether oxygens (including phenoxy) is 2. The Kier molecular flexibility index (Phi) is 7.54. The molecule has 2 N–H and O–H groups in total. The number of benzene rings is 2. The third kappa shape index (κ3) is 6.50. The minimum absolute atomic E-state index is 0.175. The lowest BCUT2D eigenvalue weighted by atomic mass is 10.1. The van der Waals surface area contributed by atoms with Gasteiger partial charge in [-0.15, -0.1) is 0 Å². The summed E-state index contributed by atoms with van der Waals surface area (Å²) in [6.45, 7) is 13.4. The van der Waals surface area contributed by atoms with Crippen LogP contribution in [0.5, 0.6) is 0 Å². The van der Waals surface area contributed by atoms with Crippen LogP contribution < -0.4 is 5.11 Å². The molecule has 6 rings (SSSR count). The van der Waals surface area contributed by atoms with Crippen LogP contribution in [0.4, 0.5) is 4.79 Å². The highest BCUT2D eigenvalue weighted by atomic mass is 16.6. The number of carbonyl (C=O) groups excluding carboxylic acids is 1. The van der Waals surface area contributed by atoms with Crippen LogP contribution in [0.15, 0.2) is 52.0 Å². The molecule has 12 heteroatoms. The van der Waals surface area contributed by atoms with Crippen molar-refractivity contribution in [3.8, 4) is 22.8 Å². The van der Waals surface area contributed by atoms with Gasteiger partial charge in [-0.05, 0) is 70.9 Å². The van der Waals surface area contributed by atoms with E-state index in [2.05, 4.69) is 19.9 Å². The lowest BCUT2D eigenvalue weighted by molar-refractivity contribution is -0.261. The van der Waals surface area contributed by atoms with Crippen LogP contribution >= 0.6 is 0 Å². The number of aliphatic imine (C=N–C) groups is 1. The van der Waals surface area contributed by atoms with Crippen molar-refractivity contribution in [1.82, 2.24) is 29.8 Å². The number of nitrogens with zero attached hydrogens (tertiary/aromatic N) is 5. The molecule has 1 amide bonds. The molecule has 12 nitrogen and oxygen atoms in total. The maximum atomic E-state index is 12.8. The molecule has 2 atom stereocenters. The molecule has 236 valence electrons. The number of hydrogen-bond donors (Lipinski definition) is 2. The van der Waals surface area contributed by atoms with Gasteiger partial charge in [0.2, 0.25) is 5.89 Å². The molecule has 0 saturated carbocycles. The second kappa shape index (κ2) is 11.2. The molecule has 0 unspecified atom stereocenters. The van der Waals surface area contributed by atoms with Crippen molar-refractivity contribution in [3.05, 3.63) is 54.2 Å². The molecule has 0 spiro atoms. The van der Waals surface area contributed by atoms with Crippen LogP contribution in [-0.2, 0) is 9.47 Å². The van der Waals surface area contributed by atoms with Gasteiger partial charge in [0.05, 0.1) is 34.4 Å². The number of carbonyl (C=O) groups is 1. The number of H-pyrrole nitrogens is 2. The van der Waals surface area contributed by atoms with Crippen LogP contribution in [0.3, 0.4) is 0 Å². The first-order valence-electron chi connectivity index (χ1n) is 15.1. The maximum Gasteiger partial charge on any atom is 0.410 e. The normalized spacial score (nSPS) is 16.9. The Labute approximate surface area is 260 Å². The van der Waals surface area contributed by atoms with E-state index in [1.54, 1.807) is 38.8 Å². The highest BCUT2D eigenvalue weighted by Crippen LogP contribution is 2.35. The lowest BCUT2D eigenvalue weighted by Crippen LogP contribution is -2.36. The molecule has 0 bridgehead atoms. The molecule has 1 aliphatic heterocycles. The van der Waals surface area contributed by atoms with Gasteiger partial charge in [0, 0.05) is 17.7 Å². The van der Waals surface area contributed by atoms with Gasteiger partial charge in [-0.25, -0.2) is 19.7 Å². The largest absolute Gasteiger partial charge is 0.595 e. The van der Waals surface area contributed by atoms with E-state index >= 15 is 0 Å². The lowest BCUT2D eigenvalue weighted by Gasteiger charge is -2.29. The number of imidazole rings is 2. The minimum atomic E-state index is -0.641. The van der Waals surface area contributed by atoms with Crippen molar-refractivity contribution in [2.45, 2.75) is 84.6 Å². The van der Waals surface area contributed by atoms with Crippen molar-refractivity contribution < 1.29 is 23.8 Å². The Morgan fingerprint density at radius 3 is 2.60 bits per heavy atom. The number of fused-ring (bicyclic) bond motifs is 2. The molecule has 4 heterocycles. The smallest absolute Gasteiger partial charge is 0.410 e. The summed E-state index contributed by atoms with van der Waals surface area (Å²) in [6, 6.07) is 10.8. The van der Waals surface area contributed by atoms with E-state index < -0.39 is 23.3 Å². The van der Waals surface area contributed by atoms with Crippen molar-refractivity contribution in [2.75, 3.05) is 6.54 Å². The fourth-order valence-corrected chi connectivity index (χ4v) is 5.39. The fraction of sp³-hybridized carbons (Fsp3) is 0.424. The number of aromatic amines is 2. The summed E-state index contributed by atoms with van der Waals surface area (Å²) in [7, 11) is 0. The zero-order chi connectivity index (χ0) is 32.1. The molecule has 0 aliphatic carbocycles. The molecule has 0 radical (unpaired) electrons. The van der Waals surface area contributed by atoms with Gasteiger partial charge in [0.15, 0.2) is 5.76 Å². The van der Waals surface area contributed by atoms with Gasteiger partial charge < -0.3 is 29.0 Å². The number of oxazole rings is 1. The molecular formula is C33H38N7O5-. The Morgan fingerprint density at radius 1 is 1.07 bits per heavy atom. The standard InChI is InChI=1S/C33H39N7O5/c1-18(35-30(41)44-32(2,3)4)27-37-22-11-8-10-20(26(22)39-27)29-34-17-25(43-29)19-13-14-21-23(16-19)38-28(36-21)24-12-9-15-40(24)31(42)45-33(5,6)7/h8,10-11,13-14,16-18,24H,9,12,15H2,1-7H3,(H,35,41)(H,36,38)(H,37,39)/p-1/t18-,24-/m0/s1. The zero-order valence-corrected chi connectivity index (χ0v) is 26.6. The number of para-hydroxylation sites is 1. The molecule has 2 aromatic carbocycles. The van der Waals surface area contributed by atoms with Gasteiger partial charge in [-0.2, -0.15) is 0 Å². The first-order valence-corrected chi connectivity index (χ1v) is 15.1. The molecular weight excluding hydrogens is 574 g/mol. The summed E-state index contributed by atoms with van der Waals surface area (Å²) in [4.78, 5) is 39.5. The quantitative estimate of drug-likeness (QED) is 0.170. The van der Waals surface area contributed by atoms with Gasteiger partial charge >= 0.3 is 6.09 Å². The SMILES string of the molecule is C[C@H](N=C([O-])OC(C)(C)C)c1nc2c(-c3ncc(-c4ccc5nc([C@@H]6CCCN6C(=O)OC(C)(C)C)[nH]c5c4)o3)cccc2[nH]1. The second-order valence-corrected chi connectivity index (χ2v) is 13.3. The summed E-state index contributed by atoms with van der Waals surface area (Å²) in [5, 5.41) is 12.2. The molecule has 45 heavy (non-hydrogen) atoms. The summed E-state index contributed by atoms with van der Waals surface area (Å²) < 4.78 is 17.2. The number of amides is 1. The van der Waals surface area contributed by atoms with E-state index in [1.807, 2.05) is 57.2 Å². The molecule has 5 aromatic rings. The maximum absolute atomic E-state index is 12.8. The van der Waals surface area contributed by atoms with E-state index in [9.17, 15) is 9.90 Å². The number of likely N-dealkylation sites (tertiary alicyclic amines) is 1. The summed E-state index contributed by atoms with van der Waals surface area (Å²) in [5.74, 6) is 2.26.